The lowest BCUT2D eigenvalue weighted by molar-refractivity contribution is -0.119. The molecule has 0 radical (unpaired) electrons. The zero-order chi connectivity index (χ0) is 32.4. The standard InChI is InChI=1S/C34H37N5O6S/c1-22-7-3-12-31(23(22)2)45-14-6-13-32(40)39-20-25-16-29(25)33-28(10-5-11-30(33)39)26-17-36-38(19-26)18-24-8-4-9-27(15-24)37-34(41)35-21-46(42,43)44/h3-5,7-12,15,17,19,25,29H,6,13-14,16,18,20-21H2,1-2H3,(H2,35,37,41)(H,42,43,44). The summed E-state index contributed by atoms with van der Waals surface area (Å²) < 4.78 is 38.4. The highest BCUT2D eigenvalue weighted by Crippen LogP contribution is 2.57. The maximum atomic E-state index is 13.5. The average Bonchev–Trinajstić information content (AvgIpc) is 3.67. The third kappa shape index (κ3) is 7.24. The average molecular weight is 644 g/mol. The molecule has 4 aromatic rings. The molecule has 240 valence electrons. The van der Waals surface area contributed by atoms with Gasteiger partial charge in [-0.3, -0.25) is 14.0 Å². The number of nitrogens with one attached hydrogen (secondary N) is 2. The van der Waals surface area contributed by atoms with E-state index in [0.29, 0.717) is 43.5 Å². The maximum Gasteiger partial charge on any atom is 0.320 e. The van der Waals surface area contributed by atoms with E-state index in [4.69, 9.17) is 9.29 Å². The molecule has 1 aliphatic heterocycles. The quantitative estimate of drug-likeness (QED) is 0.145. The fourth-order valence-electron chi connectivity index (χ4n) is 6.08. The number of fused-ring (bicyclic) bond motifs is 3. The Morgan fingerprint density at radius 1 is 1.09 bits per heavy atom. The van der Waals surface area contributed by atoms with Gasteiger partial charge in [0.1, 0.15) is 11.6 Å². The fourth-order valence-corrected chi connectivity index (χ4v) is 6.39. The predicted octanol–water partition coefficient (Wildman–Crippen LogP) is 5.49. The summed E-state index contributed by atoms with van der Waals surface area (Å²) in [5, 5.41) is 9.24. The summed E-state index contributed by atoms with van der Waals surface area (Å²) in [6.45, 7) is 5.79. The summed E-state index contributed by atoms with van der Waals surface area (Å²) in [5.74, 6) is 0.996. The predicted molar refractivity (Wildman–Crippen MR) is 176 cm³/mol. The van der Waals surface area contributed by atoms with Crippen LogP contribution in [0.3, 0.4) is 0 Å². The van der Waals surface area contributed by atoms with Gasteiger partial charge in [0.2, 0.25) is 5.91 Å². The van der Waals surface area contributed by atoms with Crippen molar-refractivity contribution in [1.82, 2.24) is 15.1 Å². The number of amides is 3. The van der Waals surface area contributed by atoms with Crippen molar-refractivity contribution in [2.24, 2.45) is 5.92 Å². The summed E-state index contributed by atoms with van der Waals surface area (Å²) >= 11 is 0. The lowest BCUT2D eigenvalue weighted by Crippen LogP contribution is -2.36. The van der Waals surface area contributed by atoms with E-state index < -0.39 is 22.0 Å². The van der Waals surface area contributed by atoms with Crippen LogP contribution in [0.15, 0.2) is 73.1 Å². The molecule has 0 bridgehead atoms. The molecular weight excluding hydrogens is 606 g/mol. The van der Waals surface area contributed by atoms with Gasteiger partial charge >= 0.3 is 6.03 Å². The van der Waals surface area contributed by atoms with Gasteiger partial charge in [-0.25, -0.2) is 4.79 Å². The molecular formula is C34H37N5O6S. The minimum absolute atomic E-state index is 0.115. The van der Waals surface area contributed by atoms with E-state index >= 15 is 0 Å². The van der Waals surface area contributed by atoms with Crippen LogP contribution in [-0.4, -0.2) is 53.7 Å². The van der Waals surface area contributed by atoms with Gasteiger partial charge in [-0.2, -0.15) is 13.5 Å². The van der Waals surface area contributed by atoms with E-state index in [-0.39, 0.29) is 5.91 Å². The number of rotatable bonds is 11. The summed E-state index contributed by atoms with van der Waals surface area (Å²) in [5.41, 5.74) is 7.89. The van der Waals surface area contributed by atoms with Crippen LogP contribution < -0.4 is 20.3 Å². The lowest BCUT2D eigenvalue weighted by atomic mass is 9.92. The Bertz CT molecular complexity index is 1890. The first-order chi connectivity index (χ1) is 22.1. The highest BCUT2D eigenvalue weighted by molar-refractivity contribution is 7.85. The Hall–Kier alpha value is -4.68. The molecule has 12 heteroatoms. The van der Waals surface area contributed by atoms with Crippen molar-refractivity contribution >= 4 is 33.4 Å². The van der Waals surface area contributed by atoms with E-state index in [1.807, 2.05) is 59.2 Å². The van der Waals surface area contributed by atoms with E-state index in [1.165, 1.54) is 11.1 Å². The van der Waals surface area contributed by atoms with Crippen molar-refractivity contribution in [3.63, 3.8) is 0 Å². The minimum atomic E-state index is -4.32. The van der Waals surface area contributed by atoms with E-state index in [0.717, 1.165) is 46.7 Å². The number of hydrogen-bond acceptors (Lipinski definition) is 6. The Morgan fingerprint density at radius 3 is 2.72 bits per heavy atom. The summed E-state index contributed by atoms with van der Waals surface area (Å²) in [4.78, 5) is 27.4. The molecule has 11 nitrogen and oxygen atoms in total. The van der Waals surface area contributed by atoms with Crippen LogP contribution >= 0.6 is 0 Å². The van der Waals surface area contributed by atoms with Gasteiger partial charge in [0, 0.05) is 36.1 Å². The second kappa shape index (κ2) is 13.0. The third-order valence-corrected chi connectivity index (χ3v) is 9.13. The van der Waals surface area contributed by atoms with Gasteiger partial charge in [0.05, 0.1) is 19.3 Å². The Morgan fingerprint density at radius 2 is 1.89 bits per heavy atom. The minimum Gasteiger partial charge on any atom is -0.493 e. The molecule has 0 saturated heterocycles. The molecule has 0 spiro atoms. The second-order valence-corrected chi connectivity index (χ2v) is 13.4. The van der Waals surface area contributed by atoms with Gasteiger partial charge in [-0.1, -0.05) is 36.4 Å². The van der Waals surface area contributed by atoms with Crippen molar-refractivity contribution in [2.45, 2.75) is 45.6 Å². The van der Waals surface area contributed by atoms with Crippen molar-refractivity contribution in [1.29, 1.82) is 0 Å². The summed E-state index contributed by atoms with van der Waals surface area (Å²) in [7, 11) is -4.32. The van der Waals surface area contributed by atoms with Crippen molar-refractivity contribution in [3.05, 3.63) is 95.3 Å². The topological polar surface area (TPSA) is 143 Å². The smallest absolute Gasteiger partial charge is 0.320 e. The van der Waals surface area contributed by atoms with Crippen LogP contribution in [-0.2, 0) is 21.5 Å². The van der Waals surface area contributed by atoms with Crippen LogP contribution in [0.25, 0.3) is 11.1 Å². The van der Waals surface area contributed by atoms with E-state index in [9.17, 15) is 18.0 Å². The number of carbonyl (C=O) groups is 2. The molecule has 2 atom stereocenters. The number of aryl methyl sites for hydroxylation is 1. The van der Waals surface area contributed by atoms with Crippen LogP contribution in [0, 0.1) is 19.8 Å². The van der Waals surface area contributed by atoms with Gasteiger partial charge in [-0.15, -0.1) is 0 Å². The van der Waals surface area contributed by atoms with Crippen molar-refractivity contribution in [3.8, 4) is 16.9 Å². The number of carbonyl (C=O) groups excluding carboxylic acids is 2. The Kier molecular flexibility index (Phi) is 8.83. The summed E-state index contributed by atoms with van der Waals surface area (Å²) in [6.07, 6.45) is 5.94. The number of anilines is 2. The Balaban J connectivity index is 1.11. The molecule has 2 unspecified atom stereocenters. The fraction of sp³-hybridized carbons (Fsp3) is 0.324. The number of aromatic nitrogens is 2. The van der Waals surface area contributed by atoms with Crippen LogP contribution in [0.2, 0.25) is 0 Å². The molecule has 3 N–H and O–H groups in total. The highest BCUT2D eigenvalue weighted by Gasteiger charge is 2.47. The molecule has 46 heavy (non-hydrogen) atoms. The monoisotopic (exact) mass is 643 g/mol. The van der Waals surface area contributed by atoms with Crippen LogP contribution in [0.4, 0.5) is 16.2 Å². The maximum absolute atomic E-state index is 13.5. The number of benzene rings is 3. The first-order valence-electron chi connectivity index (χ1n) is 15.3. The highest BCUT2D eigenvalue weighted by atomic mass is 32.2. The molecule has 1 aromatic heterocycles. The van der Waals surface area contributed by atoms with Crippen molar-refractivity contribution < 1.29 is 27.3 Å². The Labute approximate surface area is 268 Å². The molecule has 2 heterocycles. The number of hydrogen-bond donors (Lipinski definition) is 3. The van der Waals surface area contributed by atoms with Gasteiger partial charge in [0.25, 0.3) is 10.1 Å². The van der Waals surface area contributed by atoms with E-state index in [2.05, 4.69) is 34.8 Å². The van der Waals surface area contributed by atoms with Gasteiger partial charge < -0.3 is 20.3 Å². The SMILES string of the molecule is Cc1cccc(OCCCC(=O)N2CC3CC3c3c(-c4cnn(Cc5cccc(NC(=O)NCS(=O)(=O)O)c5)c4)cccc32)c1C. The van der Waals surface area contributed by atoms with Gasteiger partial charge in [0.15, 0.2) is 0 Å². The normalized spacial score (nSPS) is 16.7. The molecule has 3 aromatic carbocycles. The van der Waals surface area contributed by atoms with Crippen molar-refractivity contribution in [2.75, 3.05) is 29.2 Å². The second-order valence-electron chi connectivity index (χ2n) is 12.0. The third-order valence-electron chi connectivity index (χ3n) is 8.62. The molecule has 1 aliphatic carbocycles. The molecule has 3 amide bonds. The molecule has 1 saturated carbocycles. The number of ether oxygens (including phenoxy) is 1. The zero-order valence-corrected chi connectivity index (χ0v) is 26.6. The first-order valence-corrected chi connectivity index (χ1v) is 16.9. The first kappa shape index (κ1) is 31.3. The molecule has 2 aliphatic rings. The molecule has 1 fully saturated rings. The van der Waals surface area contributed by atoms with Crippen LogP contribution in [0.1, 0.15) is 47.4 Å². The number of nitrogens with zero attached hydrogens (tertiary/aromatic N) is 3. The molecule has 6 rings (SSSR count). The van der Waals surface area contributed by atoms with Gasteiger partial charge in [-0.05, 0) is 90.6 Å². The lowest BCUT2D eigenvalue weighted by Gasteiger charge is -2.30. The summed E-state index contributed by atoms with van der Waals surface area (Å²) in [6, 6.07) is 18.5. The number of urea groups is 1. The van der Waals surface area contributed by atoms with Crippen LogP contribution in [0.5, 0.6) is 5.75 Å². The zero-order valence-electron chi connectivity index (χ0n) is 25.8. The van der Waals surface area contributed by atoms with E-state index in [1.54, 1.807) is 18.2 Å². The largest absolute Gasteiger partial charge is 0.493 e.